The topological polar surface area (TPSA) is 74.4 Å². The van der Waals surface area contributed by atoms with Gasteiger partial charge in [0, 0.05) is 66.8 Å². The molecule has 0 radical (unpaired) electrons. The molecule has 2 heterocycles. The van der Waals surface area contributed by atoms with Crippen LogP contribution < -0.4 is 21.3 Å². The van der Waals surface area contributed by atoms with Gasteiger partial charge in [0.25, 0.3) is 0 Å². The summed E-state index contributed by atoms with van der Waals surface area (Å²) in [6.07, 6.45) is 0. The van der Waals surface area contributed by atoms with Gasteiger partial charge in [-0.25, -0.2) is 4.39 Å². The molecule has 0 aliphatic rings. The van der Waals surface area contributed by atoms with E-state index in [1.54, 1.807) is 12.1 Å². The summed E-state index contributed by atoms with van der Waals surface area (Å²) in [5, 5.41) is 18.3. The third-order valence-corrected chi connectivity index (χ3v) is 14.1. The number of halogens is 1. The van der Waals surface area contributed by atoms with Gasteiger partial charge >= 0.3 is 0 Å². The Bertz CT molecular complexity index is 4350. The second-order valence-electron chi connectivity index (χ2n) is 21.0. The lowest BCUT2D eigenvalue weighted by molar-refractivity contribution is 0.590. The molecule has 0 aliphatic carbocycles. The Labute approximate surface area is 484 Å². The van der Waals surface area contributed by atoms with E-state index in [0.29, 0.717) is 0 Å². The zero-order valence-electron chi connectivity index (χ0n) is 46.6. The molecular formula is C76H63FN4O2. The number of benzene rings is 12. The molecule has 0 saturated heterocycles. The van der Waals surface area contributed by atoms with Gasteiger partial charge in [-0.05, 0) is 119 Å². The minimum atomic E-state index is -0.219. The lowest BCUT2D eigenvalue weighted by Gasteiger charge is -2.19. The monoisotopic (exact) mass is 1080 g/mol. The van der Waals surface area contributed by atoms with Crippen molar-refractivity contribution >= 4 is 89.4 Å². The first-order valence-corrected chi connectivity index (χ1v) is 27.8. The maximum absolute atomic E-state index is 12.6. The molecule has 0 fully saturated rings. The average Bonchev–Trinajstić information content (AvgIpc) is 4.36. The van der Waals surface area contributed by atoms with E-state index in [4.69, 9.17) is 8.83 Å². The molecular weight excluding hydrogens is 1020 g/mol. The van der Waals surface area contributed by atoms with Crippen molar-refractivity contribution < 1.29 is 13.2 Å². The Hall–Kier alpha value is -10.6. The molecule has 0 aliphatic heterocycles. The van der Waals surface area contributed by atoms with Crippen LogP contribution in [0, 0.1) is 5.82 Å². The van der Waals surface area contributed by atoms with Crippen LogP contribution in [-0.4, -0.2) is 0 Å². The van der Waals surface area contributed by atoms with E-state index in [2.05, 4.69) is 218 Å². The predicted molar refractivity (Wildman–Crippen MR) is 349 cm³/mol. The fourth-order valence-corrected chi connectivity index (χ4v) is 9.87. The van der Waals surface area contributed by atoms with Crippen molar-refractivity contribution in [3.05, 3.63) is 315 Å². The minimum absolute atomic E-state index is 0.164. The Balaban J connectivity index is 0.000000119. The molecule has 0 unspecified atom stereocenters. The molecule has 2 aromatic heterocycles. The highest BCUT2D eigenvalue weighted by Crippen LogP contribution is 2.38. The number of para-hydroxylation sites is 8. The smallest absolute Gasteiger partial charge is 0.158 e. The molecule has 406 valence electrons. The third kappa shape index (κ3) is 13.5. The Morgan fingerprint density at radius 3 is 1.11 bits per heavy atom. The molecule has 0 amide bonds. The fraction of sp³-hybridized carbons (Fsp3) is 0.0526. The van der Waals surface area contributed by atoms with Crippen LogP contribution in [0.25, 0.3) is 66.1 Å². The van der Waals surface area contributed by atoms with E-state index in [1.165, 1.54) is 39.9 Å². The Kier molecular flexibility index (Phi) is 16.8. The highest BCUT2D eigenvalue weighted by atomic mass is 19.1. The van der Waals surface area contributed by atoms with Crippen LogP contribution in [0.1, 0.15) is 26.3 Å². The van der Waals surface area contributed by atoms with Crippen molar-refractivity contribution in [3.8, 4) is 22.3 Å². The largest absolute Gasteiger partial charge is 0.454 e. The second-order valence-corrected chi connectivity index (χ2v) is 21.0. The van der Waals surface area contributed by atoms with E-state index in [-0.39, 0.29) is 11.2 Å². The van der Waals surface area contributed by atoms with Gasteiger partial charge in [0.05, 0.1) is 11.4 Å². The molecule has 7 heteroatoms. The second kappa shape index (κ2) is 25.7. The summed E-state index contributed by atoms with van der Waals surface area (Å²) in [5.74, 6) is -0.219. The van der Waals surface area contributed by atoms with Crippen LogP contribution in [0.3, 0.4) is 0 Å². The van der Waals surface area contributed by atoms with Crippen molar-refractivity contribution in [2.24, 2.45) is 0 Å². The number of rotatable bonds is 10. The van der Waals surface area contributed by atoms with Crippen molar-refractivity contribution in [1.82, 2.24) is 0 Å². The number of nitrogens with one attached hydrogen (secondary N) is 4. The van der Waals surface area contributed by atoms with Gasteiger partial charge in [0.1, 0.15) is 17.0 Å². The van der Waals surface area contributed by atoms with Crippen molar-refractivity contribution in [2.75, 3.05) is 21.3 Å². The maximum atomic E-state index is 12.6. The summed E-state index contributed by atoms with van der Waals surface area (Å²) in [5.41, 5.74) is 18.1. The van der Waals surface area contributed by atoms with Crippen LogP contribution in [0.5, 0.6) is 0 Å². The summed E-state index contributed by atoms with van der Waals surface area (Å²) in [7, 11) is 0. The molecule has 12 aromatic carbocycles. The quantitative estimate of drug-likeness (QED) is 0.109. The van der Waals surface area contributed by atoms with Crippen LogP contribution in [0.4, 0.5) is 49.9 Å². The standard InChI is InChI=1S/C24H17NO.C22H21NO.C18H15N.C12H10FN/c1-2-9-17(10-3-1)18-11-4-6-14-21(18)25-22-15-8-13-20-19-12-5-7-16-23(19)26-24(20)22;1-22(2,3)15-11-13-16(14-12-15)23-19-9-6-8-18-17-7-4-5-10-20(17)24-21(18)19;1-3-9-15(10-4-1)17-13-7-8-14-18(17)19-16-11-5-2-6-12-16;13-10-6-8-12(9-7-10)14-11-4-2-1-3-5-11/h1-16,25H;4-14,23H,1-3H3;1-14,19H;1-9,14H. The van der Waals surface area contributed by atoms with Gasteiger partial charge < -0.3 is 30.1 Å². The third-order valence-electron chi connectivity index (χ3n) is 14.1. The van der Waals surface area contributed by atoms with Crippen LogP contribution in [0.15, 0.2) is 312 Å². The summed E-state index contributed by atoms with van der Waals surface area (Å²) in [4.78, 5) is 0. The van der Waals surface area contributed by atoms with E-state index in [9.17, 15) is 4.39 Å². The first-order valence-electron chi connectivity index (χ1n) is 27.8. The maximum Gasteiger partial charge on any atom is 0.158 e. The molecule has 14 rings (SSSR count). The van der Waals surface area contributed by atoms with Crippen LogP contribution in [-0.2, 0) is 5.41 Å². The number of hydrogen-bond donors (Lipinski definition) is 4. The van der Waals surface area contributed by atoms with E-state index >= 15 is 0 Å². The minimum Gasteiger partial charge on any atom is -0.454 e. The molecule has 0 atom stereocenters. The molecule has 4 N–H and O–H groups in total. The van der Waals surface area contributed by atoms with Crippen molar-refractivity contribution in [3.63, 3.8) is 0 Å². The molecule has 83 heavy (non-hydrogen) atoms. The molecule has 14 aromatic rings. The normalized spacial score (nSPS) is 10.9. The zero-order chi connectivity index (χ0) is 56.8. The molecule has 0 saturated carbocycles. The fourth-order valence-electron chi connectivity index (χ4n) is 9.87. The van der Waals surface area contributed by atoms with Gasteiger partial charge in [-0.1, -0.05) is 227 Å². The van der Waals surface area contributed by atoms with E-state index in [1.807, 2.05) is 103 Å². The highest BCUT2D eigenvalue weighted by molar-refractivity contribution is 6.10. The van der Waals surface area contributed by atoms with Gasteiger partial charge in [-0.3, -0.25) is 0 Å². The summed E-state index contributed by atoms with van der Waals surface area (Å²) < 4.78 is 24.8. The van der Waals surface area contributed by atoms with E-state index in [0.717, 1.165) is 89.4 Å². The SMILES string of the molecule is CC(C)(C)c1ccc(Nc2cccc3c2oc2ccccc23)cc1.Fc1ccc(Nc2ccccc2)cc1.c1ccc(-c2ccccc2Nc2cccc3c2oc2ccccc23)cc1.c1ccc(Nc2ccccc2-c2ccccc2)cc1. The number of hydrogen-bond acceptors (Lipinski definition) is 6. The Morgan fingerprint density at radius 1 is 0.277 bits per heavy atom. The molecule has 6 nitrogen and oxygen atoms in total. The molecule has 0 spiro atoms. The lowest BCUT2D eigenvalue weighted by Crippen LogP contribution is -2.10. The first-order chi connectivity index (χ1) is 40.7. The lowest BCUT2D eigenvalue weighted by atomic mass is 9.87. The van der Waals surface area contributed by atoms with Crippen LogP contribution >= 0.6 is 0 Å². The van der Waals surface area contributed by atoms with Gasteiger partial charge in [0.2, 0.25) is 0 Å². The number of furan rings is 2. The summed E-state index contributed by atoms with van der Waals surface area (Å²) >= 11 is 0. The molecule has 0 bridgehead atoms. The van der Waals surface area contributed by atoms with Gasteiger partial charge in [-0.15, -0.1) is 0 Å². The van der Waals surface area contributed by atoms with Crippen LogP contribution in [0.2, 0.25) is 0 Å². The Morgan fingerprint density at radius 2 is 0.614 bits per heavy atom. The highest BCUT2D eigenvalue weighted by Gasteiger charge is 2.15. The van der Waals surface area contributed by atoms with Gasteiger partial charge in [0.15, 0.2) is 11.2 Å². The summed E-state index contributed by atoms with van der Waals surface area (Å²) in [6.45, 7) is 6.68. The first kappa shape index (κ1) is 54.3. The van der Waals surface area contributed by atoms with Crippen molar-refractivity contribution in [1.29, 1.82) is 0 Å². The zero-order valence-corrected chi connectivity index (χ0v) is 46.6. The number of fused-ring (bicyclic) bond motifs is 6. The van der Waals surface area contributed by atoms with Gasteiger partial charge in [-0.2, -0.15) is 0 Å². The average molecular weight is 1080 g/mol. The number of anilines is 8. The van der Waals surface area contributed by atoms with Crippen molar-refractivity contribution in [2.45, 2.75) is 26.2 Å². The van der Waals surface area contributed by atoms with E-state index < -0.39 is 0 Å². The summed E-state index contributed by atoms with van der Waals surface area (Å²) in [6, 6.07) is 101. The predicted octanol–water partition coefficient (Wildman–Crippen LogP) is 22.3.